The Morgan fingerprint density at radius 1 is 1.50 bits per heavy atom. The molecule has 0 amide bonds. The second-order valence-electron chi connectivity index (χ2n) is 3.44. The Bertz CT molecular complexity index is 112. The summed E-state index contributed by atoms with van der Waals surface area (Å²) >= 11 is 0. The summed E-state index contributed by atoms with van der Waals surface area (Å²) in [6.45, 7) is 1.92. The smallest absolute Gasteiger partial charge is 0.0771 e. The molecule has 0 aromatic heterocycles. The van der Waals surface area contributed by atoms with Crippen molar-refractivity contribution in [3.63, 3.8) is 0 Å². The third-order valence-corrected chi connectivity index (χ3v) is 2.52. The largest absolute Gasteiger partial charge is 0.389 e. The van der Waals surface area contributed by atoms with E-state index >= 15 is 0 Å². The van der Waals surface area contributed by atoms with Gasteiger partial charge in [0.2, 0.25) is 0 Å². The van der Waals surface area contributed by atoms with Gasteiger partial charge in [-0.25, -0.2) is 0 Å². The van der Waals surface area contributed by atoms with E-state index in [9.17, 15) is 5.11 Å². The van der Waals surface area contributed by atoms with Crippen LogP contribution in [-0.4, -0.2) is 23.8 Å². The summed E-state index contributed by atoms with van der Waals surface area (Å²) in [5.41, 5.74) is -0.465. The molecule has 2 N–H and O–H groups in total. The van der Waals surface area contributed by atoms with Gasteiger partial charge >= 0.3 is 0 Å². The van der Waals surface area contributed by atoms with Crippen LogP contribution in [0.15, 0.2) is 0 Å². The van der Waals surface area contributed by atoms with Crippen LogP contribution in [0.5, 0.6) is 0 Å². The first-order chi connectivity index (χ1) is 4.67. The van der Waals surface area contributed by atoms with Crippen LogP contribution in [0.2, 0.25) is 0 Å². The third-order valence-electron chi connectivity index (χ3n) is 2.52. The zero-order valence-electron chi connectivity index (χ0n) is 6.85. The molecule has 0 spiro atoms. The molecule has 2 heteroatoms. The Morgan fingerprint density at radius 3 is 2.60 bits per heavy atom. The minimum atomic E-state index is -0.465. The molecule has 2 atom stereocenters. The van der Waals surface area contributed by atoms with Crippen molar-refractivity contribution in [1.82, 2.24) is 5.32 Å². The molecular formula is C8H17NO. The molecule has 0 saturated heterocycles. The molecule has 0 heterocycles. The van der Waals surface area contributed by atoms with Crippen LogP contribution in [0.1, 0.15) is 32.6 Å². The van der Waals surface area contributed by atoms with E-state index in [0.717, 1.165) is 12.8 Å². The number of aliphatic hydroxyl groups is 1. The molecule has 0 bridgehead atoms. The standard InChI is InChI=1S/C8H17NO/c1-8(10)6-4-3-5-7(8)9-2/h7,9-10H,3-6H2,1-2H3/t7-,8-/m1/s1. The van der Waals surface area contributed by atoms with Crippen LogP contribution in [0.25, 0.3) is 0 Å². The first kappa shape index (κ1) is 8.02. The van der Waals surface area contributed by atoms with Crippen molar-refractivity contribution < 1.29 is 5.11 Å². The van der Waals surface area contributed by atoms with Crippen molar-refractivity contribution >= 4 is 0 Å². The van der Waals surface area contributed by atoms with E-state index in [1.165, 1.54) is 12.8 Å². The first-order valence-electron chi connectivity index (χ1n) is 4.06. The Kier molecular flexibility index (Phi) is 2.32. The van der Waals surface area contributed by atoms with E-state index in [1.807, 2.05) is 14.0 Å². The number of likely N-dealkylation sites (N-methyl/N-ethyl adjacent to an activating group) is 1. The first-order valence-corrected chi connectivity index (χ1v) is 4.06. The van der Waals surface area contributed by atoms with E-state index in [0.29, 0.717) is 6.04 Å². The van der Waals surface area contributed by atoms with Gasteiger partial charge in [0.15, 0.2) is 0 Å². The summed E-state index contributed by atoms with van der Waals surface area (Å²) in [6, 6.07) is 0.307. The molecule has 0 radical (unpaired) electrons. The molecule has 1 saturated carbocycles. The quantitative estimate of drug-likeness (QED) is 0.571. The van der Waals surface area contributed by atoms with Crippen LogP contribution in [0.3, 0.4) is 0 Å². The van der Waals surface area contributed by atoms with E-state index < -0.39 is 5.60 Å². The normalized spacial score (nSPS) is 41.7. The van der Waals surface area contributed by atoms with Crippen molar-refractivity contribution in [2.24, 2.45) is 0 Å². The van der Waals surface area contributed by atoms with Crippen LogP contribution in [-0.2, 0) is 0 Å². The van der Waals surface area contributed by atoms with Crippen LogP contribution in [0, 0.1) is 0 Å². The lowest BCUT2D eigenvalue weighted by molar-refractivity contribution is -0.00727. The Balaban J connectivity index is 2.51. The number of rotatable bonds is 1. The molecule has 1 fully saturated rings. The molecule has 0 aromatic carbocycles. The zero-order valence-corrected chi connectivity index (χ0v) is 6.85. The Hall–Kier alpha value is -0.0800. The Morgan fingerprint density at radius 2 is 2.20 bits per heavy atom. The monoisotopic (exact) mass is 143 g/mol. The van der Waals surface area contributed by atoms with Crippen molar-refractivity contribution in [3.05, 3.63) is 0 Å². The lowest BCUT2D eigenvalue weighted by Crippen LogP contribution is -2.49. The zero-order chi connectivity index (χ0) is 7.61. The molecule has 1 aliphatic rings. The Labute approximate surface area is 62.6 Å². The lowest BCUT2D eigenvalue weighted by Gasteiger charge is -2.36. The number of nitrogens with one attached hydrogen (secondary N) is 1. The topological polar surface area (TPSA) is 32.3 Å². The molecule has 2 nitrogen and oxygen atoms in total. The fourth-order valence-corrected chi connectivity index (χ4v) is 1.77. The molecule has 1 aliphatic carbocycles. The molecule has 10 heavy (non-hydrogen) atoms. The minimum absolute atomic E-state index is 0.307. The summed E-state index contributed by atoms with van der Waals surface area (Å²) in [6.07, 6.45) is 4.48. The highest BCUT2D eigenvalue weighted by Gasteiger charge is 2.32. The average Bonchev–Trinajstić information content (AvgIpc) is 1.87. The fourth-order valence-electron chi connectivity index (χ4n) is 1.77. The summed E-state index contributed by atoms with van der Waals surface area (Å²) in [4.78, 5) is 0. The van der Waals surface area contributed by atoms with Gasteiger partial charge in [-0.05, 0) is 26.8 Å². The summed E-state index contributed by atoms with van der Waals surface area (Å²) in [7, 11) is 1.92. The number of hydrogen-bond acceptors (Lipinski definition) is 2. The highest BCUT2D eigenvalue weighted by molar-refractivity contribution is 4.90. The molecular weight excluding hydrogens is 126 g/mol. The molecule has 60 valence electrons. The minimum Gasteiger partial charge on any atom is -0.389 e. The van der Waals surface area contributed by atoms with E-state index in [1.54, 1.807) is 0 Å². The average molecular weight is 143 g/mol. The van der Waals surface area contributed by atoms with Gasteiger partial charge in [0.1, 0.15) is 0 Å². The van der Waals surface area contributed by atoms with Crippen LogP contribution >= 0.6 is 0 Å². The van der Waals surface area contributed by atoms with E-state index in [4.69, 9.17) is 0 Å². The summed E-state index contributed by atoms with van der Waals surface area (Å²) < 4.78 is 0. The molecule has 0 unspecified atom stereocenters. The number of hydrogen-bond donors (Lipinski definition) is 2. The van der Waals surface area contributed by atoms with E-state index in [-0.39, 0.29) is 0 Å². The highest BCUT2D eigenvalue weighted by atomic mass is 16.3. The van der Waals surface area contributed by atoms with Crippen LogP contribution in [0.4, 0.5) is 0 Å². The van der Waals surface area contributed by atoms with E-state index in [2.05, 4.69) is 5.32 Å². The van der Waals surface area contributed by atoms with Crippen LogP contribution < -0.4 is 5.32 Å². The van der Waals surface area contributed by atoms with Gasteiger partial charge in [0, 0.05) is 6.04 Å². The van der Waals surface area contributed by atoms with Crippen molar-refractivity contribution in [3.8, 4) is 0 Å². The maximum atomic E-state index is 9.77. The highest BCUT2D eigenvalue weighted by Crippen LogP contribution is 2.27. The summed E-state index contributed by atoms with van der Waals surface area (Å²) in [5, 5.41) is 12.9. The van der Waals surface area contributed by atoms with Gasteiger partial charge in [-0.1, -0.05) is 12.8 Å². The van der Waals surface area contributed by atoms with Gasteiger partial charge in [0.05, 0.1) is 5.60 Å². The SMILES string of the molecule is CN[C@@H]1CCCC[C@@]1(C)O. The molecule has 0 aliphatic heterocycles. The predicted molar refractivity (Wildman–Crippen MR) is 41.9 cm³/mol. The van der Waals surface area contributed by atoms with Crippen molar-refractivity contribution in [2.45, 2.75) is 44.2 Å². The van der Waals surface area contributed by atoms with Crippen molar-refractivity contribution in [2.75, 3.05) is 7.05 Å². The van der Waals surface area contributed by atoms with Gasteiger partial charge < -0.3 is 10.4 Å². The second-order valence-corrected chi connectivity index (χ2v) is 3.44. The third kappa shape index (κ3) is 1.50. The molecule has 0 aromatic rings. The fraction of sp³-hybridized carbons (Fsp3) is 1.00. The van der Waals surface area contributed by atoms with Gasteiger partial charge in [-0.2, -0.15) is 0 Å². The van der Waals surface area contributed by atoms with Gasteiger partial charge in [0.25, 0.3) is 0 Å². The summed E-state index contributed by atoms with van der Waals surface area (Å²) in [5.74, 6) is 0. The lowest BCUT2D eigenvalue weighted by atomic mass is 9.82. The van der Waals surface area contributed by atoms with Gasteiger partial charge in [-0.15, -0.1) is 0 Å². The molecule has 1 rings (SSSR count). The van der Waals surface area contributed by atoms with Crippen molar-refractivity contribution in [1.29, 1.82) is 0 Å². The van der Waals surface area contributed by atoms with Gasteiger partial charge in [-0.3, -0.25) is 0 Å². The predicted octanol–water partition coefficient (Wildman–Crippen LogP) is 0.899. The maximum absolute atomic E-state index is 9.77. The maximum Gasteiger partial charge on any atom is 0.0771 e. The second kappa shape index (κ2) is 2.89.